The maximum absolute atomic E-state index is 9.25. The first-order chi connectivity index (χ1) is 8.47. The zero-order valence-corrected chi connectivity index (χ0v) is 12.9. The third-order valence-electron chi connectivity index (χ3n) is 3.24. The molecule has 106 valence electrons. The van der Waals surface area contributed by atoms with Crippen LogP contribution >= 0.6 is 0 Å². The zero-order chi connectivity index (χ0) is 14.0. The molecule has 0 heterocycles. The van der Waals surface area contributed by atoms with Gasteiger partial charge in [-0.1, -0.05) is 13.8 Å². The van der Waals surface area contributed by atoms with E-state index in [9.17, 15) is 5.26 Å². The van der Waals surface area contributed by atoms with Crippen LogP contribution in [0.3, 0.4) is 0 Å². The molecule has 0 spiro atoms. The highest BCUT2D eigenvalue weighted by atomic mass is 15.1. The summed E-state index contributed by atoms with van der Waals surface area (Å²) in [6.45, 7) is 14.1. The van der Waals surface area contributed by atoms with Crippen LogP contribution in [0.25, 0.3) is 0 Å². The minimum Gasteiger partial charge on any atom is -0.304 e. The van der Waals surface area contributed by atoms with Crippen molar-refractivity contribution in [1.82, 2.24) is 10.2 Å². The lowest BCUT2D eigenvalue weighted by atomic mass is 9.95. The van der Waals surface area contributed by atoms with Crippen molar-refractivity contribution >= 4 is 0 Å². The number of hydrogen-bond donors (Lipinski definition) is 1. The SMILES string of the molecule is CCCN(CC)CCCCC(C)(C#N)NC(C)C. The molecule has 0 aromatic carbocycles. The summed E-state index contributed by atoms with van der Waals surface area (Å²) in [5.74, 6) is 0. The fourth-order valence-corrected chi connectivity index (χ4v) is 2.36. The van der Waals surface area contributed by atoms with Gasteiger partial charge in [-0.15, -0.1) is 0 Å². The van der Waals surface area contributed by atoms with Gasteiger partial charge in [0.15, 0.2) is 0 Å². The predicted molar refractivity (Wildman–Crippen MR) is 78.5 cm³/mol. The Morgan fingerprint density at radius 1 is 1.22 bits per heavy atom. The van der Waals surface area contributed by atoms with E-state index < -0.39 is 0 Å². The molecule has 0 fully saturated rings. The van der Waals surface area contributed by atoms with E-state index in [1.54, 1.807) is 0 Å². The monoisotopic (exact) mass is 253 g/mol. The van der Waals surface area contributed by atoms with Gasteiger partial charge in [0.25, 0.3) is 0 Å². The molecule has 0 saturated carbocycles. The zero-order valence-electron chi connectivity index (χ0n) is 12.9. The first-order valence-corrected chi connectivity index (χ1v) is 7.38. The third kappa shape index (κ3) is 7.68. The van der Waals surface area contributed by atoms with Crippen molar-refractivity contribution in [3.05, 3.63) is 0 Å². The molecule has 0 aromatic heterocycles. The molecule has 1 N–H and O–H groups in total. The lowest BCUT2D eigenvalue weighted by molar-refractivity contribution is 0.274. The average molecular weight is 253 g/mol. The molecule has 0 saturated heterocycles. The molecule has 0 bridgehead atoms. The molecule has 3 heteroatoms. The predicted octanol–water partition coefficient (Wildman–Crippen LogP) is 3.17. The number of hydrogen-bond acceptors (Lipinski definition) is 3. The van der Waals surface area contributed by atoms with Gasteiger partial charge < -0.3 is 4.90 Å². The van der Waals surface area contributed by atoms with Gasteiger partial charge in [0, 0.05) is 6.04 Å². The third-order valence-corrected chi connectivity index (χ3v) is 3.24. The first-order valence-electron chi connectivity index (χ1n) is 7.38. The summed E-state index contributed by atoms with van der Waals surface area (Å²) in [6.07, 6.45) is 4.46. The standard InChI is InChI=1S/C15H31N3/c1-6-11-18(7-2)12-9-8-10-15(5,13-16)17-14(3)4/h14,17H,6-12H2,1-5H3. The van der Waals surface area contributed by atoms with Crippen molar-refractivity contribution in [2.75, 3.05) is 19.6 Å². The fraction of sp³-hybridized carbons (Fsp3) is 0.933. The van der Waals surface area contributed by atoms with Crippen LogP contribution in [-0.2, 0) is 0 Å². The topological polar surface area (TPSA) is 39.1 Å². The summed E-state index contributed by atoms with van der Waals surface area (Å²) in [7, 11) is 0. The van der Waals surface area contributed by atoms with Crippen molar-refractivity contribution in [2.45, 2.75) is 71.9 Å². The Kier molecular flexibility index (Phi) is 9.05. The van der Waals surface area contributed by atoms with Gasteiger partial charge >= 0.3 is 0 Å². The molecule has 0 rings (SSSR count). The van der Waals surface area contributed by atoms with Gasteiger partial charge in [0.1, 0.15) is 5.54 Å². The van der Waals surface area contributed by atoms with Crippen molar-refractivity contribution in [2.24, 2.45) is 0 Å². The fourth-order valence-electron chi connectivity index (χ4n) is 2.36. The number of unbranched alkanes of at least 4 members (excludes halogenated alkanes) is 1. The van der Waals surface area contributed by atoms with Crippen LogP contribution < -0.4 is 5.32 Å². The minimum atomic E-state index is -0.365. The molecule has 3 nitrogen and oxygen atoms in total. The van der Waals surface area contributed by atoms with Gasteiger partial charge in [0.05, 0.1) is 6.07 Å². The molecule has 0 aliphatic rings. The van der Waals surface area contributed by atoms with E-state index in [0.29, 0.717) is 6.04 Å². The van der Waals surface area contributed by atoms with Crippen LogP contribution in [0.5, 0.6) is 0 Å². The maximum Gasteiger partial charge on any atom is 0.104 e. The number of nitrogens with one attached hydrogen (secondary N) is 1. The molecule has 0 aliphatic carbocycles. The molecule has 0 radical (unpaired) electrons. The Balaban J connectivity index is 3.91. The average Bonchev–Trinajstić information content (AvgIpc) is 2.32. The molecular weight excluding hydrogens is 222 g/mol. The maximum atomic E-state index is 9.25. The van der Waals surface area contributed by atoms with Crippen molar-refractivity contribution in [3.8, 4) is 6.07 Å². The molecule has 0 aromatic rings. The van der Waals surface area contributed by atoms with E-state index in [-0.39, 0.29) is 5.54 Å². The second kappa shape index (κ2) is 9.35. The van der Waals surface area contributed by atoms with Crippen LogP contribution in [0.1, 0.15) is 60.3 Å². The van der Waals surface area contributed by atoms with E-state index >= 15 is 0 Å². The van der Waals surface area contributed by atoms with Crippen molar-refractivity contribution < 1.29 is 0 Å². The molecular formula is C15H31N3. The molecule has 0 amide bonds. The molecule has 0 aliphatic heterocycles. The highest BCUT2D eigenvalue weighted by Gasteiger charge is 2.23. The first kappa shape index (κ1) is 17.4. The van der Waals surface area contributed by atoms with E-state index in [0.717, 1.165) is 25.9 Å². The summed E-state index contributed by atoms with van der Waals surface area (Å²) in [5.41, 5.74) is -0.365. The van der Waals surface area contributed by atoms with Crippen molar-refractivity contribution in [3.63, 3.8) is 0 Å². The van der Waals surface area contributed by atoms with Gasteiger partial charge in [-0.25, -0.2) is 0 Å². The Hall–Kier alpha value is -0.590. The van der Waals surface area contributed by atoms with Crippen molar-refractivity contribution in [1.29, 1.82) is 5.26 Å². The van der Waals surface area contributed by atoms with Gasteiger partial charge in [-0.05, 0) is 66.1 Å². The lowest BCUT2D eigenvalue weighted by Crippen LogP contribution is -2.45. The quantitative estimate of drug-likeness (QED) is 0.608. The summed E-state index contributed by atoms with van der Waals surface area (Å²) in [4.78, 5) is 2.49. The number of nitriles is 1. The second-order valence-corrected chi connectivity index (χ2v) is 5.63. The minimum absolute atomic E-state index is 0.363. The summed E-state index contributed by atoms with van der Waals surface area (Å²) < 4.78 is 0. The highest BCUT2D eigenvalue weighted by Crippen LogP contribution is 2.14. The molecule has 1 unspecified atom stereocenters. The lowest BCUT2D eigenvalue weighted by Gasteiger charge is -2.26. The smallest absolute Gasteiger partial charge is 0.104 e. The van der Waals surface area contributed by atoms with E-state index in [4.69, 9.17) is 0 Å². The van der Waals surface area contributed by atoms with Gasteiger partial charge in [-0.3, -0.25) is 5.32 Å². The normalized spacial score (nSPS) is 14.8. The van der Waals surface area contributed by atoms with Gasteiger partial charge in [-0.2, -0.15) is 5.26 Å². The van der Waals surface area contributed by atoms with Crippen LogP contribution in [0.15, 0.2) is 0 Å². The van der Waals surface area contributed by atoms with Crippen LogP contribution in [-0.4, -0.2) is 36.1 Å². The Morgan fingerprint density at radius 3 is 2.33 bits per heavy atom. The number of rotatable bonds is 10. The highest BCUT2D eigenvalue weighted by molar-refractivity contribution is 5.04. The van der Waals surface area contributed by atoms with E-state index in [2.05, 4.69) is 44.0 Å². The summed E-state index contributed by atoms with van der Waals surface area (Å²) >= 11 is 0. The molecule has 18 heavy (non-hydrogen) atoms. The van der Waals surface area contributed by atoms with Crippen LogP contribution in [0.2, 0.25) is 0 Å². The largest absolute Gasteiger partial charge is 0.304 e. The van der Waals surface area contributed by atoms with E-state index in [1.165, 1.54) is 19.4 Å². The Morgan fingerprint density at radius 2 is 1.89 bits per heavy atom. The summed E-state index contributed by atoms with van der Waals surface area (Å²) in [6, 6.07) is 2.78. The Bertz CT molecular complexity index is 245. The second-order valence-electron chi connectivity index (χ2n) is 5.63. The van der Waals surface area contributed by atoms with Gasteiger partial charge in [0.2, 0.25) is 0 Å². The Labute approximate surface area is 114 Å². The van der Waals surface area contributed by atoms with E-state index in [1.807, 2.05) is 6.92 Å². The van der Waals surface area contributed by atoms with Crippen LogP contribution in [0.4, 0.5) is 0 Å². The summed E-state index contributed by atoms with van der Waals surface area (Å²) in [5, 5.41) is 12.6. The van der Waals surface area contributed by atoms with Crippen LogP contribution in [0, 0.1) is 11.3 Å². The number of nitrogens with zero attached hydrogens (tertiary/aromatic N) is 2. The molecule has 1 atom stereocenters.